The Morgan fingerprint density at radius 2 is 1.81 bits per heavy atom. The first-order valence-corrected chi connectivity index (χ1v) is 9.37. The number of hydrogen-bond acceptors (Lipinski definition) is 5. The number of likely N-dealkylation sites (N-methyl/N-ethyl adjacent to an activating group) is 1. The summed E-state index contributed by atoms with van der Waals surface area (Å²) >= 11 is 3.59. The summed E-state index contributed by atoms with van der Waals surface area (Å²) < 4.78 is 17.4. The Morgan fingerprint density at radius 3 is 2.46 bits per heavy atom. The van der Waals surface area contributed by atoms with Crippen LogP contribution in [0.15, 0.2) is 16.6 Å². The van der Waals surface area contributed by atoms with Crippen LogP contribution in [0.5, 0.6) is 23.0 Å². The summed E-state index contributed by atoms with van der Waals surface area (Å²) in [5, 5.41) is 10.8. The molecule has 0 aromatic heterocycles. The van der Waals surface area contributed by atoms with E-state index in [0.29, 0.717) is 17.2 Å². The molecule has 5 nitrogen and oxygen atoms in total. The average Bonchev–Trinajstić information content (AvgIpc) is 2.66. The highest BCUT2D eigenvalue weighted by molar-refractivity contribution is 9.10. The van der Waals surface area contributed by atoms with Crippen LogP contribution in [0.2, 0.25) is 0 Å². The van der Waals surface area contributed by atoms with E-state index < -0.39 is 0 Å². The van der Waals surface area contributed by atoms with Gasteiger partial charge in [0, 0.05) is 18.2 Å². The summed E-state index contributed by atoms with van der Waals surface area (Å²) in [6.45, 7) is 0.949. The molecule has 0 bridgehead atoms. The van der Waals surface area contributed by atoms with Crippen LogP contribution < -0.4 is 14.2 Å². The van der Waals surface area contributed by atoms with Crippen LogP contribution in [-0.4, -0.2) is 44.9 Å². The highest BCUT2D eigenvalue weighted by Crippen LogP contribution is 2.56. The van der Waals surface area contributed by atoms with Gasteiger partial charge in [0.05, 0.1) is 25.8 Å². The van der Waals surface area contributed by atoms with E-state index in [4.69, 9.17) is 14.2 Å². The SMILES string of the molecule is COc1cc2c(cc1OC)-c1c(OC)c(O)c(Br)c3c1[C@H](C2)N(C)CC3. The van der Waals surface area contributed by atoms with Gasteiger partial charge in [0.2, 0.25) is 0 Å². The predicted octanol–water partition coefficient (Wildman–Crippen LogP) is 3.93. The second-order valence-corrected chi connectivity index (χ2v) is 7.57. The second-order valence-electron chi connectivity index (χ2n) is 6.78. The molecule has 0 saturated heterocycles. The van der Waals surface area contributed by atoms with Gasteiger partial charge in [0.15, 0.2) is 23.0 Å². The first-order valence-electron chi connectivity index (χ1n) is 8.58. The molecule has 4 rings (SSSR count). The van der Waals surface area contributed by atoms with Crippen LogP contribution in [0.3, 0.4) is 0 Å². The van der Waals surface area contributed by atoms with E-state index in [2.05, 4.69) is 27.9 Å². The van der Waals surface area contributed by atoms with Gasteiger partial charge in [-0.3, -0.25) is 4.90 Å². The molecule has 1 N–H and O–H groups in total. The third-order valence-electron chi connectivity index (χ3n) is 5.59. The largest absolute Gasteiger partial charge is 0.503 e. The Labute approximate surface area is 161 Å². The van der Waals surface area contributed by atoms with Crippen LogP contribution in [0.4, 0.5) is 0 Å². The average molecular weight is 420 g/mol. The molecule has 1 aliphatic heterocycles. The van der Waals surface area contributed by atoms with Crippen molar-refractivity contribution in [1.29, 1.82) is 0 Å². The first kappa shape index (κ1) is 17.5. The van der Waals surface area contributed by atoms with Gasteiger partial charge in [-0.1, -0.05) is 0 Å². The van der Waals surface area contributed by atoms with E-state index in [1.165, 1.54) is 16.7 Å². The number of rotatable bonds is 3. The molecular formula is C20H22BrNO4. The Kier molecular flexibility index (Phi) is 4.28. The summed E-state index contributed by atoms with van der Waals surface area (Å²) in [7, 11) is 7.03. The zero-order chi connectivity index (χ0) is 18.6. The normalized spacial score (nSPS) is 18.1. The number of phenols is 1. The standard InChI is InChI=1S/C20H22BrNO4/c1-22-6-5-11-16-13(22)7-10-8-14(24-2)15(25-3)9-12(10)17(16)20(26-4)19(23)18(11)21/h8-9,13,23H,5-7H2,1-4H3/t13-/m0/s1. The lowest BCUT2D eigenvalue weighted by atomic mass is 9.76. The van der Waals surface area contributed by atoms with E-state index in [0.717, 1.165) is 35.0 Å². The molecule has 26 heavy (non-hydrogen) atoms. The van der Waals surface area contributed by atoms with Gasteiger partial charge in [-0.2, -0.15) is 0 Å². The van der Waals surface area contributed by atoms with Crippen molar-refractivity contribution in [3.8, 4) is 34.1 Å². The fourth-order valence-electron chi connectivity index (χ4n) is 4.28. The van der Waals surface area contributed by atoms with Gasteiger partial charge in [-0.15, -0.1) is 0 Å². The number of fused-ring (bicyclic) bond motifs is 2. The fourth-order valence-corrected chi connectivity index (χ4v) is 4.88. The highest BCUT2D eigenvalue weighted by atomic mass is 79.9. The molecule has 0 saturated carbocycles. The molecule has 1 heterocycles. The number of methoxy groups -OCH3 is 3. The lowest BCUT2D eigenvalue weighted by Gasteiger charge is -2.41. The Hall–Kier alpha value is -1.92. The monoisotopic (exact) mass is 419 g/mol. The lowest BCUT2D eigenvalue weighted by Crippen LogP contribution is -2.36. The Balaban J connectivity index is 2.10. The molecule has 1 atom stereocenters. The number of hydrogen-bond donors (Lipinski definition) is 1. The van der Waals surface area contributed by atoms with Crippen LogP contribution in [0.1, 0.15) is 22.7 Å². The molecule has 0 unspecified atom stereocenters. The number of benzene rings is 2. The van der Waals surface area contributed by atoms with Crippen molar-refractivity contribution < 1.29 is 19.3 Å². The minimum Gasteiger partial charge on any atom is -0.503 e. The van der Waals surface area contributed by atoms with Gasteiger partial charge in [-0.05, 0) is 70.2 Å². The molecule has 0 radical (unpaired) electrons. The Morgan fingerprint density at radius 1 is 1.12 bits per heavy atom. The maximum Gasteiger partial charge on any atom is 0.173 e. The summed E-state index contributed by atoms with van der Waals surface area (Å²) in [4.78, 5) is 2.37. The number of halogens is 1. The summed E-state index contributed by atoms with van der Waals surface area (Å²) in [5.74, 6) is 2.05. The van der Waals surface area contributed by atoms with E-state index in [9.17, 15) is 5.11 Å². The second kappa shape index (κ2) is 6.35. The fraction of sp³-hybridized carbons (Fsp3) is 0.400. The summed E-state index contributed by atoms with van der Waals surface area (Å²) in [5.41, 5.74) is 5.56. The van der Waals surface area contributed by atoms with Gasteiger partial charge < -0.3 is 19.3 Å². The number of ether oxygens (including phenoxy) is 3. The molecule has 0 spiro atoms. The maximum atomic E-state index is 10.8. The van der Waals surface area contributed by atoms with Crippen molar-refractivity contribution in [1.82, 2.24) is 4.90 Å². The topological polar surface area (TPSA) is 51.2 Å². The molecule has 0 fully saturated rings. The van der Waals surface area contributed by atoms with Crippen molar-refractivity contribution in [3.05, 3.63) is 33.3 Å². The lowest BCUT2D eigenvalue weighted by molar-refractivity contribution is 0.226. The molecule has 1 aliphatic carbocycles. The van der Waals surface area contributed by atoms with Gasteiger partial charge in [0.25, 0.3) is 0 Å². The van der Waals surface area contributed by atoms with Crippen molar-refractivity contribution in [2.24, 2.45) is 0 Å². The summed E-state index contributed by atoms with van der Waals surface area (Å²) in [6.07, 6.45) is 1.77. The van der Waals surface area contributed by atoms with E-state index in [1.54, 1.807) is 21.3 Å². The molecule has 2 aliphatic rings. The minimum absolute atomic E-state index is 0.159. The number of phenolic OH excluding ortho intramolecular Hbond substituents is 1. The maximum absolute atomic E-state index is 10.8. The van der Waals surface area contributed by atoms with Crippen molar-refractivity contribution in [2.75, 3.05) is 34.9 Å². The predicted molar refractivity (Wildman–Crippen MR) is 104 cm³/mol. The molecule has 138 valence electrons. The zero-order valence-corrected chi connectivity index (χ0v) is 16.9. The highest BCUT2D eigenvalue weighted by Gasteiger charge is 2.38. The quantitative estimate of drug-likeness (QED) is 0.816. The molecule has 2 aromatic carbocycles. The van der Waals surface area contributed by atoms with Crippen LogP contribution >= 0.6 is 15.9 Å². The molecule has 2 aromatic rings. The van der Waals surface area contributed by atoms with Crippen LogP contribution in [-0.2, 0) is 12.8 Å². The van der Waals surface area contributed by atoms with Crippen LogP contribution in [0.25, 0.3) is 11.1 Å². The van der Waals surface area contributed by atoms with Crippen LogP contribution in [0, 0.1) is 0 Å². The van der Waals surface area contributed by atoms with Crippen molar-refractivity contribution in [2.45, 2.75) is 18.9 Å². The zero-order valence-electron chi connectivity index (χ0n) is 15.4. The van der Waals surface area contributed by atoms with Gasteiger partial charge in [0.1, 0.15) is 0 Å². The molecular weight excluding hydrogens is 398 g/mol. The van der Waals surface area contributed by atoms with Gasteiger partial charge >= 0.3 is 0 Å². The molecule has 6 heteroatoms. The minimum atomic E-state index is 0.159. The third-order valence-corrected chi connectivity index (χ3v) is 6.44. The third kappa shape index (κ3) is 2.32. The number of nitrogens with zero attached hydrogens (tertiary/aromatic N) is 1. The van der Waals surface area contributed by atoms with E-state index in [1.807, 2.05) is 12.1 Å². The van der Waals surface area contributed by atoms with E-state index >= 15 is 0 Å². The van der Waals surface area contributed by atoms with Gasteiger partial charge in [-0.25, -0.2) is 0 Å². The number of aromatic hydroxyl groups is 1. The van der Waals surface area contributed by atoms with Crippen molar-refractivity contribution >= 4 is 15.9 Å². The molecule has 0 amide bonds. The summed E-state index contributed by atoms with van der Waals surface area (Å²) in [6, 6.07) is 4.27. The van der Waals surface area contributed by atoms with E-state index in [-0.39, 0.29) is 11.8 Å². The Bertz CT molecular complexity index is 896. The van der Waals surface area contributed by atoms with Crippen molar-refractivity contribution in [3.63, 3.8) is 0 Å². The first-order chi connectivity index (χ1) is 12.5. The smallest absolute Gasteiger partial charge is 0.173 e.